The molecule has 1 N–H and O–H groups in total. The molecule has 2 atom stereocenters. The molecule has 0 aliphatic heterocycles. The van der Waals surface area contributed by atoms with Crippen LogP contribution < -0.4 is 5.32 Å². The fourth-order valence-electron chi connectivity index (χ4n) is 2.55. The van der Waals surface area contributed by atoms with E-state index in [4.69, 9.17) is 11.6 Å². The largest absolute Gasteiger partial charge is 0.312 e. The zero-order chi connectivity index (χ0) is 11.4. The van der Waals surface area contributed by atoms with E-state index in [0.717, 1.165) is 30.8 Å². The summed E-state index contributed by atoms with van der Waals surface area (Å²) in [5.74, 6) is 2.32. The lowest BCUT2D eigenvalue weighted by atomic mass is 9.98. The Hall–Kier alpha value is -0.540. The van der Waals surface area contributed by atoms with Crippen LogP contribution in [0.2, 0.25) is 0 Å². The van der Waals surface area contributed by atoms with Crippen LogP contribution in [0.1, 0.15) is 24.8 Å². The van der Waals surface area contributed by atoms with Crippen molar-refractivity contribution in [3.05, 3.63) is 18.0 Å². The van der Waals surface area contributed by atoms with Crippen molar-refractivity contribution in [2.75, 3.05) is 12.4 Å². The molecule has 1 heterocycles. The van der Waals surface area contributed by atoms with E-state index in [-0.39, 0.29) is 0 Å². The molecule has 1 fully saturated rings. The van der Waals surface area contributed by atoms with Gasteiger partial charge in [0.15, 0.2) is 0 Å². The first kappa shape index (κ1) is 11.9. The monoisotopic (exact) mass is 241 g/mol. The minimum absolute atomic E-state index is 0.725. The Morgan fingerprint density at radius 3 is 3.00 bits per heavy atom. The zero-order valence-electron chi connectivity index (χ0n) is 9.82. The summed E-state index contributed by atoms with van der Waals surface area (Å²) in [6.45, 7) is 2.01. The van der Waals surface area contributed by atoms with Gasteiger partial charge in [0.2, 0.25) is 0 Å². The molecule has 0 bridgehead atoms. The topological polar surface area (TPSA) is 29.9 Å². The molecule has 90 valence electrons. The number of halogens is 1. The van der Waals surface area contributed by atoms with Crippen LogP contribution in [0.25, 0.3) is 0 Å². The third-order valence-corrected chi connectivity index (χ3v) is 3.91. The Morgan fingerprint density at radius 2 is 2.31 bits per heavy atom. The Morgan fingerprint density at radius 1 is 1.50 bits per heavy atom. The summed E-state index contributed by atoms with van der Waals surface area (Å²) < 4.78 is 1.84. The van der Waals surface area contributed by atoms with Crippen LogP contribution in [0.3, 0.4) is 0 Å². The highest BCUT2D eigenvalue weighted by molar-refractivity contribution is 6.18. The van der Waals surface area contributed by atoms with Crippen molar-refractivity contribution in [1.82, 2.24) is 15.1 Å². The smallest absolute Gasteiger partial charge is 0.0534 e. The lowest BCUT2D eigenvalue weighted by Crippen LogP contribution is -2.25. The van der Waals surface area contributed by atoms with Crippen molar-refractivity contribution >= 4 is 11.6 Å². The number of aromatic nitrogens is 2. The summed E-state index contributed by atoms with van der Waals surface area (Å²) >= 11 is 5.96. The van der Waals surface area contributed by atoms with Gasteiger partial charge in [-0.05, 0) is 31.2 Å². The van der Waals surface area contributed by atoms with Gasteiger partial charge >= 0.3 is 0 Å². The van der Waals surface area contributed by atoms with E-state index in [1.54, 1.807) is 0 Å². The van der Waals surface area contributed by atoms with Gasteiger partial charge in [0.05, 0.1) is 6.20 Å². The molecule has 3 nitrogen and oxygen atoms in total. The quantitative estimate of drug-likeness (QED) is 0.801. The fraction of sp³-hybridized carbons (Fsp3) is 0.750. The first-order chi connectivity index (χ1) is 7.79. The summed E-state index contributed by atoms with van der Waals surface area (Å²) in [5.41, 5.74) is 1.25. The molecule has 0 saturated heterocycles. The van der Waals surface area contributed by atoms with Gasteiger partial charge in [0, 0.05) is 31.2 Å². The summed E-state index contributed by atoms with van der Waals surface area (Å²) in [7, 11) is 1.95. The van der Waals surface area contributed by atoms with E-state index in [0.29, 0.717) is 0 Å². The van der Waals surface area contributed by atoms with Gasteiger partial charge in [0.25, 0.3) is 0 Å². The molecule has 0 aromatic carbocycles. The maximum absolute atomic E-state index is 5.96. The van der Waals surface area contributed by atoms with Gasteiger partial charge in [-0.3, -0.25) is 4.68 Å². The molecular weight excluding hydrogens is 222 g/mol. The first-order valence-electron chi connectivity index (χ1n) is 6.04. The molecule has 0 amide bonds. The van der Waals surface area contributed by atoms with E-state index >= 15 is 0 Å². The summed E-state index contributed by atoms with van der Waals surface area (Å²) in [6, 6.07) is 0. The van der Waals surface area contributed by atoms with Crippen molar-refractivity contribution in [2.45, 2.75) is 25.8 Å². The Labute approximate surface area is 102 Å². The highest BCUT2D eigenvalue weighted by Gasteiger charge is 2.25. The molecule has 1 aliphatic rings. The maximum atomic E-state index is 5.96. The summed E-state index contributed by atoms with van der Waals surface area (Å²) in [6.07, 6.45) is 7.96. The highest BCUT2D eigenvalue weighted by atomic mass is 35.5. The van der Waals surface area contributed by atoms with Crippen molar-refractivity contribution in [3.63, 3.8) is 0 Å². The van der Waals surface area contributed by atoms with Crippen LogP contribution >= 0.6 is 11.6 Å². The summed E-state index contributed by atoms with van der Waals surface area (Å²) in [5, 5.41) is 7.66. The van der Waals surface area contributed by atoms with E-state index in [9.17, 15) is 0 Å². The molecule has 1 aliphatic carbocycles. The standard InChI is InChI=1S/C12H20ClN3/c1-16-9-10(7-15-16)6-14-8-12-4-2-3-11(12)5-13/h7,9,11-12,14H,2-6,8H2,1H3. The van der Waals surface area contributed by atoms with Crippen LogP contribution in [-0.4, -0.2) is 22.2 Å². The predicted octanol–water partition coefficient (Wildman–Crippen LogP) is 2.16. The molecule has 1 aromatic heterocycles. The SMILES string of the molecule is Cn1cc(CNCC2CCCC2CCl)cn1. The average Bonchev–Trinajstić information content (AvgIpc) is 2.87. The van der Waals surface area contributed by atoms with Crippen molar-refractivity contribution in [2.24, 2.45) is 18.9 Å². The van der Waals surface area contributed by atoms with Crippen molar-refractivity contribution in [3.8, 4) is 0 Å². The second-order valence-corrected chi connectivity index (χ2v) is 5.07. The Bertz CT molecular complexity index is 324. The number of nitrogens with one attached hydrogen (secondary N) is 1. The van der Waals surface area contributed by atoms with Crippen molar-refractivity contribution in [1.29, 1.82) is 0 Å². The van der Waals surface area contributed by atoms with Gasteiger partial charge < -0.3 is 5.32 Å². The number of hydrogen-bond acceptors (Lipinski definition) is 2. The Kier molecular flexibility index (Phi) is 4.24. The minimum atomic E-state index is 0.725. The Balaban J connectivity index is 1.71. The van der Waals surface area contributed by atoms with Crippen molar-refractivity contribution < 1.29 is 0 Å². The van der Waals surface area contributed by atoms with E-state index in [1.807, 2.05) is 17.9 Å². The second kappa shape index (κ2) is 5.69. The number of nitrogens with zero attached hydrogens (tertiary/aromatic N) is 2. The zero-order valence-corrected chi connectivity index (χ0v) is 10.6. The molecule has 2 unspecified atom stereocenters. The van der Waals surface area contributed by atoms with E-state index in [2.05, 4.69) is 16.6 Å². The fourth-order valence-corrected chi connectivity index (χ4v) is 2.96. The molecule has 1 aromatic rings. The van der Waals surface area contributed by atoms with Gasteiger partial charge in [-0.15, -0.1) is 11.6 Å². The van der Waals surface area contributed by atoms with Gasteiger partial charge in [-0.25, -0.2) is 0 Å². The lowest BCUT2D eigenvalue weighted by molar-refractivity contribution is 0.395. The normalized spacial score (nSPS) is 25.1. The van der Waals surface area contributed by atoms with Crippen LogP contribution in [0.4, 0.5) is 0 Å². The highest BCUT2D eigenvalue weighted by Crippen LogP contribution is 2.31. The van der Waals surface area contributed by atoms with Crippen LogP contribution in [0.15, 0.2) is 12.4 Å². The van der Waals surface area contributed by atoms with E-state index < -0.39 is 0 Å². The lowest BCUT2D eigenvalue weighted by Gasteiger charge is -2.17. The third kappa shape index (κ3) is 2.98. The van der Waals surface area contributed by atoms with Crippen LogP contribution in [-0.2, 0) is 13.6 Å². The molecule has 0 spiro atoms. The van der Waals surface area contributed by atoms with Gasteiger partial charge in [-0.1, -0.05) is 6.42 Å². The predicted molar refractivity (Wildman–Crippen MR) is 66.5 cm³/mol. The van der Waals surface area contributed by atoms with Gasteiger partial charge in [-0.2, -0.15) is 5.10 Å². The molecule has 16 heavy (non-hydrogen) atoms. The molecule has 4 heteroatoms. The number of rotatable bonds is 5. The summed E-state index contributed by atoms with van der Waals surface area (Å²) in [4.78, 5) is 0. The van der Waals surface area contributed by atoms with Crippen LogP contribution in [0, 0.1) is 11.8 Å². The first-order valence-corrected chi connectivity index (χ1v) is 6.57. The molecule has 0 radical (unpaired) electrons. The molecule has 2 rings (SSSR count). The average molecular weight is 242 g/mol. The molecule has 1 saturated carbocycles. The van der Waals surface area contributed by atoms with E-state index in [1.165, 1.54) is 24.8 Å². The molecular formula is C12H20ClN3. The third-order valence-electron chi connectivity index (χ3n) is 3.51. The number of hydrogen-bond donors (Lipinski definition) is 1. The van der Waals surface area contributed by atoms with Gasteiger partial charge in [0.1, 0.15) is 0 Å². The number of alkyl halides is 1. The number of aryl methyl sites for hydroxylation is 1. The second-order valence-electron chi connectivity index (χ2n) is 4.76. The minimum Gasteiger partial charge on any atom is -0.312 e. The maximum Gasteiger partial charge on any atom is 0.0534 e. The van der Waals surface area contributed by atoms with Crippen LogP contribution in [0.5, 0.6) is 0 Å².